The van der Waals surface area contributed by atoms with Crippen LogP contribution in [0.25, 0.3) is 22.3 Å². The molecule has 0 unspecified atom stereocenters. The maximum Gasteiger partial charge on any atom is 0.494 e. The average Bonchev–Trinajstić information content (AvgIpc) is 3.68. The van der Waals surface area contributed by atoms with E-state index in [4.69, 9.17) is 9.31 Å². The summed E-state index contributed by atoms with van der Waals surface area (Å²) in [4.78, 5) is 2.29. The van der Waals surface area contributed by atoms with Gasteiger partial charge in [0.05, 0.1) is 22.7 Å². The summed E-state index contributed by atoms with van der Waals surface area (Å²) in [6, 6.07) is 42.9. The van der Waals surface area contributed by atoms with Crippen LogP contribution in [0.1, 0.15) is 162 Å². The van der Waals surface area contributed by atoms with Crippen molar-refractivity contribution in [2.45, 2.75) is 167 Å². The quantitative estimate of drug-likeness (QED) is 0.0577. The Morgan fingerprint density at radius 3 is 1.54 bits per heavy atom. The molecule has 330 valence electrons. The Bertz CT molecular complexity index is 2310. The summed E-state index contributed by atoms with van der Waals surface area (Å²) in [6.45, 7) is 17.2. The zero-order valence-electron chi connectivity index (χ0n) is 39.5. The number of halogens is 1. The first-order valence-electron chi connectivity index (χ1n) is 24.1. The van der Waals surface area contributed by atoms with E-state index in [1.807, 2.05) is 13.8 Å². The molecule has 1 heterocycles. The minimum absolute atomic E-state index is 0.0829. The van der Waals surface area contributed by atoms with Crippen molar-refractivity contribution in [2.75, 3.05) is 4.90 Å². The maximum absolute atomic E-state index is 9.81. The minimum Gasteiger partial charge on any atom is -0.399 e. The summed E-state index contributed by atoms with van der Waals surface area (Å²) in [7, 11) is -0.391. The van der Waals surface area contributed by atoms with Gasteiger partial charge in [-0.2, -0.15) is 5.26 Å². The molecule has 0 spiro atoms. The zero-order valence-corrected chi connectivity index (χ0v) is 41.0. The Kier molecular flexibility index (Phi) is 14.8. The number of anilines is 3. The number of hydrogen-bond donors (Lipinski definition) is 0. The SMILES string of the molecule is CCCCCCCCC1(CCCCCCCC)c2cc(B3OC(C)(C)C(C)(C)O3)ccc2-c2ccc(-c3ccc(N(c4ccc(Br)cc4)c4ccc(C(C)(C)C#N)cc4)cc3)cc21. The second-order valence-corrected chi connectivity index (χ2v) is 20.8. The third-order valence-electron chi connectivity index (χ3n) is 14.5. The van der Waals surface area contributed by atoms with E-state index in [1.54, 1.807) is 0 Å². The molecule has 0 radical (unpaired) electrons. The van der Waals surface area contributed by atoms with Gasteiger partial charge >= 0.3 is 7.12 Å². The summed E-state index contributed by atoms with van der Waals surface area (Å²) in [6.07, 6.45) is 17.7. The van der Waals surface area contributed by atoms with Crippen molar-refractivity contribution in [3.05, 3.63) is 130 Å². The van der Waals surface area contributed by atoms with E-state index in [-0.39, 0.29) is 5.41 Å². The monoisotopic (exact) mass is 904 g/mol. The number of unbranched alkanes of at least 4 members (excludes halogenated alkanes) is 10. The highest BCUT2D eigenvalue weighted by molar-refractivity contribution is 9.10. The third kappa shape index (κ3) is 10.1. The Hall–Kier alpha value is -4.15. The molecule has 63 heavy (non-hydrogen) atoms. The first-order valence-corrected chi connectivity index (χ1v) is 24.9. The van der Waals surface area contributed by atoms with Crippen molar-refractivity contribution < 1.29 is 9.31 Å². The smallest absolute Gasteiger partial charge is 0.399 e. The van der Waals surface area contributed by atoms with E-state index < -0.39 is 23.7 Å². The molecule has 1 fully saturated rings. The molecular formula is C57H70BBrN2O2. The highest BCUT2D eigenvalue weighted by atomic mass is 79.9. The molecule has 0 amide bonds. The van der Waals surface area contributed by atoms with Crippen LogP contribution in [-0.2, 0) is 20.1 Å². The van der Waals surface area contributed by atoms with Gasteiger partial charge in [-0.1, -0.05) is 161 Å². The average molecular weight is 906 g/mol. The topological polar surface area (TPSA) is 45.5 Å². The fourth-order valence-electron chi connectivity index (χ4n) is 9.83. The lowest BCUT2D eigenvalue weighted by Gasteiger charge is -2.33. The van der Waals surface area contributed by atoms with E-state index in [0.29, 0.717) is 0 Å². The first kappa shape index (κ1) is 46.8. The van der Waals surface area contributed by atoms with Crippen LogP contribution in [0.5, 0.6) is 0 Å². The van der Waals surface area contributed by atoms with Gasteiger partial charge in [0.2, 0.25) is 0 Å². The summed E-state index contributed by atoms with van der Waals surface area (Å²) in [5, 5.41) is 9.81. The van der Waals surface area contributed by atoms with Gasteiger partial charge in [0, 0.05) is 26.9 Å². The van der Waals surface area contributed by atoms with Gasteiger partial charge in [0.15, 0.2) is 0 Å². The number of rotatable bonds is 20. The van der Waals surface area contributed by atoms with Crippen molar-refractivity contribution >= 4 is 45.6 Å². The summed E-state index contributed by atoms with van der Waals surface area (Å²) in [5.74, 6) is 0. The van der Waals surface area contributed by atoms with Crippen LogP contribution in [0, 0.1) is 11.3 Å². The number of benzene rings is 5. The predicted octanol–water partition coefficient (Wildman–Crippen LogP) is 16.5. The van der Waals surface area contributed by atoms with Crippen molar-refractivity contribution in [1.82, 2.24) is 0 Å². The van der Waals surface area contributed by atoms with Crippen molar-refractivity contribution in [3.63, 3.8) is 0 Å². The van der Waals surface area contributed by atoms with E-state index in [9.17, 15) is 5.26 Å². The lowest BCUT2D eigenvalue weighted by atomic mass is 9.68. The van der Waals surface area contributed by atoms with Gasteiger partial charge in [-0.25, -0.2) is 0 Å². The molecule has 0 N–H and O–H groups in total. The Morgan fingerprint density at radius 2 is 1.02 bits per heavy atom. The van der Waals surface area contributed by atoms with Gasteiger partial charge in [-0.05, 0) is 153 Å². The lowest BCUT2D eigenvalue weighted by molar-refractivity contribution is 0.00578. The normalized spacial score (nSPS) is 15.8. The van der Waals surface area contributed by atoms with E-state index in [0.717, 1.165) is 45.4 Å². The molecule has 0 bridgehead atoms. The fourth-order valence-corrected chi connectivity index (χ4v) is 10.1. The maximum atomic E-state index is 9.81. The molecule has 5 aromatic rings. The van der Waals surface area contributed by atoms with Crippen LogP contribution in [0.15, 0.2) is 114 Å². The molecule has 0 atom stereocenters. The van der Waals surface area contributed by atoms with Crippen molar-refractivity contribution in [3.8, 4) is 28.3 Å². The molecule has 0 saturated carbocycles. The molecule has 4 nitrogen and oxygen atoms in total. The third-order valence-corrected chi connectivity index (χ3v) is 15.0. The Morgan fingerprint density at radius 1 is 0.571 bits per heavy atom. The van der Waals surface area contributed by atoms with Gasteiger partial charge in [0.25, 0.3) is 0 Å². The Labute approximate surface area is 389 Å². The van der Waals surface area contributed by atoms with Crippen LogP contribution in [0.4, 0.5) is 17.1 Å². The molecule has 7 rings (SSSR count). The van der Waals surface area contributed by atoms with E-state index in [1.165, 1.54) is 110 Å². The fraction of sp³-hybridized carbons (Fsp3) is 0.456. The standard InChI is InChI=1S/C57H70BBrN2O2/c1-9-11-13-15-17-19-37-57(38-20-18-16-14-12-10-2)52-39-43(23-35-50(52)51-36-26-45(40-53(51)57)58-62-55(5,6)56(7,8)63-58)42-21-29-47(30-22-42)61(49-33-27-46(59)28-34-49)48-31-24-44(25-32-48)54(3,4)41-60/h21-36,39-40H,9-20,37-38H2,1-8H3. The van der Waals surface area contributed by atoms with Crippen molar-refractivity contribution in [1.29, 1.82) is 5.26 Å². The van der Waals surface area contributed by atoms with Gasteiger partial charge in [-0.3, -0.25) is 0 Å². The zero-order chi connectivity index (χ0) is 44.8. The number of nitriles is 1. The second-order valence-electron chi connectivity index (χ2n) is 19.9. The highest BCUT2D eigenvalue weighted by Crippen LogP contribution is 2.55. The summed E-state index contributed by atoms with van der Waals surface area (Å²) < 4.78 is 14.4. The summed E-state index contributed by atoms with van der Waals surface area (Å²) in [5.41, 5.74) is 12.1. The largest absolute Gasteiger partial charge is 0.494 e. The molecule has 2 aliphatic rings. The van der Waals surface area contributed by atoms with Gasteiger partial charge < -0.3 is 14.2 Å². The molecule has 1 aliphatic carbocycles. The molecule has 0 aromatic heterocycles. The molecule has 1 aliphatic heterocycles. The van der Waals surface area contributed by atoms with Gasteiger partial charge in [-0.15, -0.1) is 0 Å². The van der Waals surface area contributed by atoms with Crippen LogP contribution < -0.4 is 10.4 Å². The number of nitrogens with zero attached hydrogens (tertiary/aromatic N) is 2. The predicted molar refractivity (Wildman–Crippen MR) is 271 cm³/mol. The first-order chi connectivity index (χ1) is 30.2. The van der Waals surface area contributed by atoms with Crippen LogP contribution in [-0.4, -0.2) is 18.3 Å². The van der Waals surface area contributed by atoms with Crippen LogP contribution in [0.3, 0.4) is 0 Å². The molecule has 6 heteroatoms. The highest BCUT2D eigenvalue weighted by Gasteiger charge is 2.52. The Balaban J connectivity index is 1.27. The van der Waals surface area contributed by atoms with Crippen LogP contribution in [0.2, 0.25) is 0 Å². The summed E-state index contributed by atoms with van der Waals surface area (Å²) >= 11 is 3.64. The number of fused-ring (bicyclic) bond motifs is 3. The minimum atomic E-state index is -0.559. The lowest BCUT2D eigenvalue weighted by Crippen LogP contribution is -2.41. The van der Waals surface area contributed by atoms with Gasteiger partial charge in [0.1, 0.15) is 0 Å². The van der Waals surface area contributed by atoms with Crippen molar-refractivity contribution in [2.24, 2.45) is 0 Å². The van der Waals surface area contributed by atoms with E-state index >= 15 is 0 Å². The molecule has 5 aromatic carbocycles. The molecular weight excluding hydrogens is 835 g/mol. The second kappa shape index (κ2) is 19.9. The molecule has 1 saturated heterocycles. The van der Waals surface area contributed by atoms with Crippen LogP contribution >= 0.6 is 15.9 Å². The number of hydrogen-bond acceptors (Lipinski definition) is 4. The van der Waals surface area contributed by atoms with E-state index in [2.05, 4.69) is 178 Å².